The fraction of sp³-hybridized carbons (Fsp3) is 0.364. The normalized spacial score (nSPS) is 17.1. The van der Waals surface area contributed by atoms with Gasteiger partial charge in [-0.25, -0.2) is 8.42 Å². The van der Waals surface area contributed by atoms with E-state index in [-0.39, 0.29) is 36.3 Å². The minimum Gasteiger partial charge on any atom is -0.494 e. The standard InChI is InChI=1S/C22H25N3O5S/c1-2-30-19-7-6-16-8-10-24(14-18(16)12-19)22(27)17-4-3-5-20(13-17)31(28,29)25-11-9-23-21(26)15-25/h3-7,12-13H,2,8-11,14-15H2,1H3,(H,23,26). The van der Waals surface area contributed by atoms with Crippen LogP contribution in [0.4, 0.5) is 0 Å². The molecule has 2 amide bonds. The lowest BCUT2D eigenvalue weighted by Gasteiger charge is -2.29. The molecule has 2 aromatic carbocycles. The Morgan fingerprint density at radius 1 is 1.10 bits per heavy atom. The molecule has 1 N–H and O–H groups in total. The van der Waals surface area contributed by atoms with E-state index in [2.05, 4.69) is 5.32 Å². The number of sulfonamides is 1. The molecule has 0 saturated carbocycles. The van der Waals surface area contributed by atoms with E-state index in [4.69, 9.17) is 4.74 Å². The first-order valence-electron chi connectivity index (χ1n) is 10.3. The second-order valence-electron chi connectivity index (χ2n) is 7.56. The third-order valence-corrected chi connectivity index (χ3v) is 7.35. The van der Waals surface area contributed by atoms with Crippen molar-refractivity contribution < 1.29 is 22.7 Å². The Hall–Kier alpha value is -2.91. The maximum absolute atomic E-state index is 13.1. The van der Waals surface area contributed by atoms with Crippen LogP contribution >= 0.6 is 0 Å². The summed E-state index contributed by atoms with van der Waals surface area (Å²) in [5.41, 5.74) is 2.54. The van der Waals surface area contributed by atoms with Crippen LogP contribution in [0.5, 0.6) is 5.75 Å². The molecule has 31 heavy (non-hydrogen) atoms. The summed E-state index contributed by atoms with van der Waals surface area (Å²) >= 11 is 0. The highest BCUT2D eigenvalue weighted by atomic mass is 32.2. The zero-order chi connectivity index (χ0) is 22.0. The van der Waals surface area contributed by atoms with Gasteiger partial charge < -0.3 is 15.0 Å². The number of fused-ring (bicyclic) bond motifs is 1. The van der Waals surface area contributed by atoms with Crippen LogP contribution in [0.1, 0.15) is 28.4 Å². The van der Waals surface area contributed by atoms with Gasteiger partial charge in [-0.05, 0) is 54.8 Å². The Kier molecular flexibility index (Phi) is 5.97. The van der Waals surface area contributed by atoms with Gasteiger partial charge in [0.15, 0.2) is 0 Å². The number of ether oxygens (including phenoxy) is 1. The summed E-state index contributed by atoms with van der Waals surface area (Å²) in [6, 6.07) is 12.0. The van der Waals surface area contributed by atoms with Crippen molar-refractivity contribution >= 4 is 21.8 Å². The predicted octanol–water partition coefficient (Wildman–Crippen LogP) is 1.40. The van der Waals surface area contributed by atoms with Crippen LogP contribution in [0.15, 0.2) is 47.4 Å². The molecule has 1 saturated heterocycles. The van der Waals surface area contributed by atoms with Gasteiger partial charge in [0.25, 0.3) is 5.91 Å². The maximum atomic E-state index is 13.1. The smallest absolute Gasteiger partial charge is 0.254 e. The van der Waals surface area contributed by atoms with Crippen molar-refractivity contribution in [2.75, 3.05) is 32.8 Å². The number of carbonyl (C=O) groups excluding carboxylic acids is 2. The second kappa shape index (κ2) is 8.68. The molecule has 2 aliphatic heterocycles. The lowest BCUT2D eigenvalue weighted by molar-refractivity contribution is -0.122. The summed E-state index contributed by atoms with van der Waals surface area (Å²) < 4.78 is 32.6. The van der Waals surface area contributed by atoms with Crippen LogP contribution < -0.4 is 10.1 Å². The van der Waals surface area contributed by atoms with Gasteiger partial charge in [0.1, 0.15) is 5.75 Å². The maximum Gasteiger partial charge on any atom is 0.254 e. The highest BCUT2D eigenvalue weighted by Gasteiger charge is 2.30. The summed E-state index contributed by atoms with van der Waals surface area (Å²) in [6.07, 6.45) is 0.731. The van der Waals surface area contributed by atoms with Gasteiger partial charge in [-0.3, -0.25) is 9.59 Å². The Balaban J connectivity index is 1.55. The summed E-state index contributed by atoms with van der Waals surface area (Å²) in [7, 11) is -3.86. The molecule has 2 heterocycles. The number of hydrogen-bond donors (Lipinski definition) is 1. The van der Waals surface area contributed by atoms with Crippen molar-refractivity contribution in [2.24, 2.45) is 0 Å². The highest BCUT2D eigenvalue weighted by Crippen LogP contribution is 2.26. The topological polar surface area (TPSA) is 96.0 Å². The van der Waals surface area contributed by atoms with Gasteiger partial charge in [-0.2, -0.15) is 4.31 Å². The summed E-state index contributed by atoms with van der Waals surface area (Å²) in [5, 5.41) is 2.61. The fourth-order valence-electron chi connectivity index (χ4n) is 3.90. The molecule has 8 nitrogen and oxygen atoms in total. The van der Waals surface area contributed by atoms with Crippen LogP contribution in [0, 0.1) is 0 Å². The molecule has 0 radical (unpaired) electrons. The van der Waals surface area contributed by atoms with Crippen molar-refractivity contribution in [1.82, 2.24) is 14.5 Å². The minimum absolute atomic E-state index is 0.0177. The number of nitrogens with one attached hydrogen (secondary N) is 1. The first kappa shape index (κ1) is 21.3. The number of amides is 2. The van der Waals surface area contributed by atoms with Crippen molar-refractivity contribution in [3.63, 3.8) is 0 Å². The van der Waals surface area contributed by atoms with Crippen LogP contribution in [-0.2, 0) is 27.8 Å². The average molecular weight is 444 g/mol. The molecule has 2 aliphatic rings. The van der Waals surface area contributed by atoms with Crippen LogP contribution in [0.2, 0.25) is 0 Å². The fourth-order valence-corrected chi connectivity index (χ4v) is 5.35. The average Bonchev–Trinajstić information content (AvgIpc) is 2.78. The number of benzene rings is 2. The highest BCUT2D eigenvalue weighted by molar-refractivity contribution is 7.89. The molecule has 0 bridgehead atoms. The summed E-state index contributed by atoms with van der Waals surface area (Å²) in [4.78, 5) is 26.5. The van der Waals surface area contributed by atoms with Crippen molar-refractivity contribution in [1.29, 1.82) is 0 Å². The zero-order valence-corrected chi connectivity index (χ0v) is 18.2. The molecule has 1 fully saturated rings. The third-order valence-electron chi connectivity index (χ3n) is 5.51. The van der Waals surface area contributed by atoms with E-state index in [0.29, 0.717) is 25.3 Å². The van der Waals surface area contributed by atoms with Crippen LogP contribution in [-0.4, -0.2) is 62.2 Å². The molecule has 0 aromatic heterocycles. The van der Waals surface area contributed by atoms with E-state index in [9.17, 15) is 18.0 Å². The van der Waals surface area contributed by atoms with Gasteiger partial charge in [-0.1, -0.05) is 12.1 Å². The van der Waals surface area contributed by atoms with E-state index < -0.39 is 10.0 Å². The number of carbonyl (C=O) groups is 2. The summed E-state index contributed by atoms with van der Waals surface area (Å²) in [6.45, 7) is 3.76. The van der Waals surface area contributed by atoms with Gasteiger partial charge in [-0.15, -0.1) is 0 Å². The quantitative estimate of drug-likeness (QED) is 0.754. The minimum atomic E-state index is -3.86. The van der Waals surface area contributed by atoms with Gasteiger partial charge in [0.05, 0.1) is 18.0 Å². The second-order valence-corrected chi connectivity index (χ2v) is 9.49. The van der Waals surface area contributed by atoms with E-state index in [1.807, 2.05) is 25.1 Å². The first-order valence-corrected chi connectivity index (χ1v) is 11.7. The third kappa shape index (κ3) is 4.42. The molecule has 0 atom stereocenters. The first-order chi connectivity index (χ1) is 14.9. The number of rotatable bonds is 5. The monoisotopic (exact) mass is 443 g/mol. The molecule has 0 unspecified atom stereocenters. The van der Waals surface area contributed by atoms with Crippen molar-refractivity contribution in [3.8, 4) is 5.75 Å². The molecule has 164 valence electrons. The Morgan fingerprint density at radius 3 is 2.71 bits per heavy atom. The molecular weight excluding hydrogens is 418 g/mol. The van der Waals surface area contributed by atoms with E-state index >= 15 is 0 Å². The molecule has 0 spiro atoms. The molecule has 9 heteroatoms. The molecule has 2 aromatic rings. The van der Waals surface area contributed by atoms with Gasteiger partial charge in [0.2, 0.25) is 15.9 Å². The Bertz CT molecular complexity index is 1120. The largest absolute Gasteiger partial charge is 0.494 e. The van der Waals surface area contributed by atoms with Gasteiger partial charge >= 0.3 is 0 Å². The Morgan fingerprint density at radius 2 is 1.94 bits per heavy atom. The SMILES string of the molecule is CCOc1ccc2c(c1)CN(C(=O)c1cccc(S(=O)(=O)N3CCNC(=O)C3)c1)CC2. The number of hydrogen-bond acceptors (Lipinski definition) is 5. The van der Waals surface area contributed by atoms with E-state index in [1.165, 1.54) is 17.7 Å². The number of piperazine rings is 1. The lowest BCUT2D eigenvalue weighted by atomic mass is 9.99. The van der Waals surface area contributed by atoms with Crippen LogP contribution in [0.3, 0.4) is 0 Å². The van der Waals surface area contributed by atoms with E-state index in [1.54, 1.807) is 17.0 Å². The van der Waals surface area contributed by atoms with Crippen molar-refractivity contribution in [2.45, 2.75) is 24.8 Å². The lowest BCUT2D eigenvalue weighted by Crippen LogP contribution is -2.49. The Labute approximate surface area is 181 Å². The summed E-state index contributed by atoms with van der Waals surface area (Å²) in [5.74, 6) is 0.218. The van der Waals surface area contributed by atoms with Crippen molar-refractivity contribution in [3.05, 3.63) is 59.2 Å². The number of nitrogens with zero attached hydrogens (tertiary/aromatic N) is 2. The van der Waals surface area contributed by atoms with Gasteiger partial charge in [0, 0.05) is 31.7 Å². The van der Waals surface area contributed by atoms with E-state index in [0.717, 1.165) is 22.0 Å². The molecular formula is C22H25N3O5S. The van der Waals surface area contributed by atoms with Crippen LogP contribution in [0.25, 0.3) is 0 Å². The predicted molar refractivity (Wildman–Crippen MR) is 114 cm³/mol. The molecule has 0 aliphatic carbocycles. The molecule has 4 rings (SSSR count). The zero-order valence-electron chi connectivity index (χ0n) is 17.3.